The van der Waals surface area contributed by atoms with Gasteiger partial charge in [0, 0.05) is 6.42 Å². The third-order valence-corrected chi connectivity index (χ3v) is 3.57. The van der Waals surface area contributed by atoms with E-state index in [4.69, 9.17) is 4.74 Å². The second-order valence-corrected chi connectivity index (χ2v) is 5.49. The van der Waals surface area contributed by atoms with Gasteiger partial charge in [0.15, 0.2) is 5.82 Å². The summed E-state index contributed by atoms with van der Waals surface area (Å²) in [6.45, 7) is 0.0658. The van der Waals surface area contributed by atoms with Crippen molar-refractivity contribution in [1.82, 2.24) is 25.6 Å². The summed E-state index contributed by atoms with van der Waals surface area (Å²) in [6.07, 6.45) is -1.39. The number of halogens is 3. The van der Waals surface area contributed by atoms with Crippen LogP contribution in [0.5, 0.6) is 5.75 Å². The molecule has 136 valence electrons. The molecule has 2 aromatic heterocycles. The van der Waals surface area contributed by atoms with Gasteiger partial charge in [-0.25, -0.2) is 9.49 Å². The van der Waals surface area contributed by atoms with Crippen LogP contribution in [0.4, 0.5) is 13.2 Å². The van der Waals surface area contributed by atoms with Crippen LogP contribution in [0, 0.1) is 5.82 Å². The maximum Gasteiger partial charge on any atom is 0.315 e. The number of ether oxygens (including phenoxy) is 1. The SMILES string of the molecule is OC(Cc1nnn[nH]1)C(F)(F)c1ccc(OCc2cccc(F)c2)cn1. The highest BCUT2D eigenvalue weighted by Gasteiger charge is 2.42. The number of hydrogen-bond acceptors (Lipinski definition) is 6. The smallest absolute Gasteiger partial charge is 0.315 e. The lowest BCUT2D eigenvalue weighted by molar-refractivity contribution is -0.117. The summed E-state index contributed by atoms with van der Waals surface area (Å²) in [5, 5.41) is 22.1. The highest BCUT2D eigenvalue weighted by molar-refractivity contribution is 5.24. The van der Waals surface area contributed by atoms with E-state index < -0.39 is 30.0 Å². The molecule has 0 aliphatic rings. The summed E-state index contributed by atoms with van der Waals surface area (Å²) in [5.41, 5.74) is -0.0222. The number of alkyl halides is 2. The lowest BCUT2D eigenvalue weighted by Crippen LogP contribution is -2.34. The summed E-state index contributed by atoms with van der Waals surface area (Å²) in [4.78, 5) is 3.66. The van der Waals surface area contributed by atoms with Crippen molar-refractivity contribution >= 4 is 0 Å². The van der Waals surface area contributed by atoms with Gasteiger partial charge in [-0.1, -0.05) is 12.1 Å². The molecule has 0 amide bonds. The van der Waals surface area contributed by atoms with Crippen molar-refractivity contribution < 1.29 is 23.0 Å². The first-order valence-electron chi connectivity index (χ1n) is 7.57. The maximum absolute atomic E-state index is 14.3. The van der Waals surface area contributed by atoms with Crippen LogP contribution < -0.4 is 4.74 Å². The summed E-state index contributed by atoms with van der Waals surface area (Å²) >= 11 is 0. The second kappa shape index (κ2) is 7.48. The Morgan fingerprint density at radius 3 is 2.73 bits per heavy atom. The van der Waals surface area contributed by atoms with E-state index in [1.807, 2.05) is 0 Å². The van der Waals surface area contributed by atoms with Crippen LogP contribution in [0.2, 0.25) is 0 Å². The number of aromatic nitrogens is 5. The Hall–Kier alpha value is -3.01. The van der Waals surface area contributed by atoms with Crippen LogP contribution in [-0.4, -0.2) is 36.8 Å². The average molecular weight is 365 g/mol. The van der Waals surface area contributed by atoms with Crippen molar-refractivity contribution in [3.63, 3.8) is 0 Å². The van der Waals surface area contributed by atoms with E-state index in [0.717, 1.165) is 12.3 Å². The predicted octanol–water partition coefficient (Wildman–Crippen LogP) is 2.01. The molecule has 2 N–H and O–H groups in total. The van der Waals surface area contributed by atoms with Crippen LogP contribution >= 0.6 is 0 Å². The molecule has 0 aliphatic carbocycles. The number of benzene rings is 1. The number of aliphatic hydroxyl groups excluding tert-OH is 1. The van der Waals surface area contributed by atoms with Crippen molar-refractivity contribution in [3.8, 4) is 5.75 Å². The quantitative estimate of drug-likeness (QED) is 0.665. The first-order valence-corrected chi connectivity index (χ1v) is 7.57. The van der Waals surface area contributed by atoms with Crippen LogP contribution in [0.15, 0.2) is 42.6 Å². The monoisotopic (exact) mass is 365 g/mol. The molecule has 1 aromatic carbocycles. The molecule has 1 unspecified atom stereocenters. The van der Waals surface area contributed by atoms with Gasteiger partial charge in [0.1, 0.15) is 30.0 Å². The molecule has 0 fully saturated rings. The molecule has 0 bridgehead atoms. The highest BCUT2D eigenvalue weighted by Crippen LogP contribution is 2.32. The van der Waals surface area contributed by atoms with Crippen LogP contribution in [-0.2, 0) is 19.0 Å². The molecule has 26 heavy (non-hydrogen) atoms. The molecule has 7 nitrogen and oxygen atoms in total. The van der Waals surface area contributed by atoms with Gasteiger partial charge in [-0.15, -0.1) is 5.10 Å². The lowest BCUT2D eigenvalue weighted by atomic mass is 10.1. The van der Waals surface area contributed by atoms with E-state index in [2.05, 4.69) is 25.6 Å². The molecular weight excluding hydrogens is 351 g/mol. The Bertz CT molecular complexity index is 843. The third-order valence-electron chi connectivity index (χ3n) is 3.57. The molecular formula is C16H14F3N5O2. The van der Waals surface area contributed by atoms with Crippen LogP contribution in [0.25, 0.3) is 0 Å². The van der Waals surface area contributed by atoms with Gasteiger partial charge in [0.25, 0.3) is 0 Å². The Kier molecular flexibility index (Phi) is 5.12. The van der Waals surface area contributed by atoms with Gasteiger partial charge in [-0.05, 0) is 40.3 Å². The predicted molar refractivity (Wildman–Crippen MR) is 82.8 cm³/mol. The van der Waals surface area contributed by atoms with Crippen molar-refractivity contribution in [3.05, 3.63) is 65.5 Å². The number of aliphatic hydroxyl groups is 1. The fraction of sp³-hybridized carbons (Fsp3) is 0.250. The van der Waals surface area contributed by atoms with E-state index in [9.17, 15) is 18.3 Å². The molecule has 3 rings (SSSR count). The lowest BCUT2D eigenvalue weighted by Gasteiger charge is -2.21. The molecule has 0 saturated carbocycles. The van der Waals surface area contributed by atoms with Crippen LogP contribution in [0.1, 0.15) is 17.1 Å². The molecule has 2 heterocycles. The third kappa shape index (κ3) is 4.14. The van der Waals surface area contributed by atoms with Gasteiger partial charge in [-0.3, -0.25) is 4.98 Å². The number of aromatic amines is 1. The average Bonchev–Trinajstić information content (AvgIpc) is 3.13. The molecule has 10 heteroatoms. The van der Waals surface area contributed by atoms with E-state index >= 15 is 0 Å². The van der Waals surface area contributed by atoms with Crippen molar-refractivity contribution in [2.45, 2.75) is 25.1 Å². The topological polar surface area (TPSA) is 96.8 Å². The van der Waals surface area contributed by atoms with E-state index in [1.165, 1.54) is 18.2 Å². The van der Waals surface area contributed by atoms with Gasteiger partial charge >= 0.3 is 5.92 Å². The fourth-order valence-electron chi connectivity index (χ4n) is 2.20. The zero-order valence-corrected chi connectivity index (χ0v) is 13.3. The van der Waals surface area contributed by atoms with Gasteiger partial charge < -0.3 is 9.84 Å². The van der Waals surface area contributed by atoms with Crippen molar-refractivity contribution in [2.24, 2.45) is 0 Å². The second-order valence-electron chi connectivity index (χ2n) is 5.49. The number of pyridine rings is 1. The zero-order chi connectivity index (χ0) is 18.6. The van der Waals surface area contributed by atoms with Crippen molar-refractivity contribution in [2.75, 3.05) is 0 Å². The standard InChI is InChI=1S/C16H14F3N5O2/c17-11-3-1-2-10(6-11)9-26-12-4-5-13(20-8-12)16(18,19)14(25)7-15-21-23-24-22-15/h1-6,8,14,25H,7,9H2,(H,21,22,23,24). The molecule has 0 saturated heterocycles. The number of nitrogens with one attached hydrogen (secondary N) is 1. The fourth-order valence-corrected chi connectivity index (χ4v) is 2.20. The Morgan fingerprint density at radius 1 is 1.23 bits per heavy atom. The van der Waals surface area contributed by atoms with Crippen molar-refractivity contribution in [1.29, 1.82) is 0 Å². The summed E-state index contributed by atoms with van der Waals surface area (Å²) in [6, 6.07) is 8.20. The summed E-state index contributed by atoms with van der Waals surface area (Å²) in [5.74, 6) is -3.72. The van der Waals surface area contributed by atoms with Gasteiger partial charge in [-0.2, -0.15) is 8.78 Å². The first kappa shape index (κ1) is 17.8. The van der Waals surface area contributed by atoms with Crippen LogP contribution in [0.3, 0.4) is 0 Å². The van der Waals surface area contributed by atoms with E-state index in [1.54, 1.807) is 12.1 Å². The Balaban J connectivity index is 1.64. The normalized spacial score (nSPS) is 12.8. The minimum Gasteiger partial charge on any atom is -0.487 e. The van der Waals surface area contributed by atoms with Gasteiger partial charge in [0.2, 0.25) is 0 Å². The molecule has 1 atom stereocenters. The Morgan fingerprint density at radius 2 is 2.08 bits per heavy atom. The van der Waals surface area contributed by atoms with E-state index in [0.29, 0.717) is 5.56 Å². The molecule has 0 spiro atoms. The number of hydrogen-bond donors (Lipinski definition) is 2. The molecule has 0 radical (unpaired) electrons. The zero-order valence-electron chi connectivity index (χ0n) is 13.3. The number of rotatable bonds is 7. The largest absolute Gasteiger partial charge is 0.487 e. The molecule has 0 aliphatic heterocycles. The minimum absolute atomic E-state index is 0.0345. The van der Waals surface area contributed by atoms with Gasteiger partial charge in [0.05, 0.1) is 6.20 Å². The number of H-pyrrole nitrogens is 1. The summed E-state index contributed by atoms with van der Waals surface area (Å²) < 4.78 is 47.1. The minimum atomic E-state index is -3.60. The first-order chi connectivity index (χ1) is 12.4. The van der Waals surface area contributed by atoms with E-state index in [-0.39, 0.29) is 18.2 Å². The number of tetrazole rings is 1. The number of nitrogens with zero attached hydrogens (tertiary/aromatic N) is 4. The molecule has 3 aromatic rings. The summed E-state index contributed by atoms with van der Waals surface area (Å²) in [7, 11) is 0. The Labute approximate surface area is 145 Å². The highest BCUT2D eigenvalue weighted by atomic mass is 19.3. The maximum atomic E-state index is 14.3.